The van der Waals surface area contributed by atoms with Crippen molar-refractivity contribution in [2.75, 3.05) is 0 Å². The van der Waals surface area contributed by atoms with Gasteiger partial charge in [0, 0.05) is 6.42 Å². The van der Waals surface area contributed by atoms with Crippen LogP contribution >= 0.6 is 0 Å². The van der Waals surface area contributed by atoms with E-state index in [1.165, 1.54) is 12.1 Å². The van der Waals surface area contributed by atoms with Gasteiger partial charge in [0.1, 0.15) is 18.2 Å². The first-order valence-electron chi connectivity index (χ1n) is 8.81. The molecule has 28 heavy (non-hydrogen) atoms. The van der Waals surface area contributed by atoms with Crippen LogP contribution in [0.25, 0.3) is 0 Å². The predicted octanol–water partition coefficient (Wildman–Crippen LogP) is 3.71. The second kappa shape index (κ2) is 9.21. The van der Waals surface area contributed by atoms with Crippen molar-refractivity contribution in [3.8, 4) is 5.75 Å². The molecule has 0 aliphatic rings. The van der Waals surface area contributed by atoms with E-state index >= 15 is 0 Å². The minimum atomic E-state index is -1.08. The molecule has 150 valence electrons. The fourth-order valence-electron chi connectivity index (χ4n) is 2.39. The van der Waals surface area contributed by atoms with E-state index < -0.39 is 35.3 Å². The number of ether oxygens (including phenoxy) is 2. The summed E-state index contributed by atoms with van der Waals surface area (Å²) in [6.45, 7) is 5.14. The Hall–Kier alpha value is -3.09. The average molecular weight is 389 g/mol. The summed E-state index contributed by atoms with van der Waals surface area (Å²) < 4.78 is 24.1. The number of esters is 1. The molecule has 0 radical (unpaired) electrons. The molecule has 0 fully saturated rings. The van der Waals surface area contributed by atoms with Gasteiger partial charge in [0.05, 0.1) is 0 Å². The average Bonchev–Trinajstić information content (AvgIpc) is 2.61. The number of phenolic OH excluding ortho intramolecular Hbond substituents is 1. The molecule has 7 heteroatoms. The van der Waals surface area contributed by atoms with Gasteiger partial charge in [-0.1, -0.05) is 36.4 Å². The topological polar surface area (TPSA) is 84.9 Å². The molecule has 0 saturated heterocycles. The van der Waals surface area contributed by atoms with Crippen LogP contribution < -0.4 is 5.32 Å². The Balaban J connectivity index is 2.10. The summed E-state index contributed by atoms with van der Waals surface area (Å²) in [7, 11) is 0. The van der Waals surface area contributed by atoms with Crippen LogP contribution in [0.3, 0.4) is 0 Å². The molecule has 1 atom stereocenters. The summed E-state index contributed by atoms with van der Waals surface area (Å²) in [6.07, 6.45) is -0.808. The number of carbonyl (C=O) groups is 2. The summed E-state index contributed by atoms with van der Waals surface area (Å²) in [5.41, 5.74) is 0.461. The van der Waals surface area contributed by atoms with Gasteiger partial charge in [0.25, 0.3) is 0 Å². The third-order valence-electron chi connectivity index (χ3n) is 3.65. The standard InChI is InChI=1S/C21H24FNO5/c1-21(2,3)28-20(26)23-17(12-15-9-10-18(24)16(22)11-15)19(25)27-13-14-7-5-4-6-8-14/h4-11,17,24H,12-13H2,1-3H3,(H,23,26)/t17-/m1/s1. The Morgan fingerprint density at radius 3 is 2.39 bits per heavy atom. The van der Waals surface area contributed by atoms with E-state index in [0.717, 1.165) is 11.6 Å². The highest BCUT2D eigenvalue weighted by Gasteiger charge is 2.26. The fraction of sp³-hybridized carbons (Fsp3) is 0.333. The maximum atomic E-state index is 13.6. The van der Waals surface area contributed by atoms with Crippen molar-refractivity contribution in [1.29, 1.82) is 0 Å². The molecule has 0 saturated carbocycles. The Labute approximate surface area is 163 Å². The summed E-state index contributed by atoms with van der Waals surface area (Å²) in [5, 5.41) is 11.8. The number of hydrogen-bond donors (Lipinski definition) is 2. The summed E-state index contributed by atoms with van der Waals surface area (Å²) >= 11 is 0. The number of nitrogens with one attached hydrogen (secondary N) is 1. The molecule has 2 N–H and O–H groups in total. The van der Waals surface area contributed by atoms with Crippen molar-refractivity contribution in [3.05, 3.63) is 65.5 Å². The molecule has 0 unspecified atom stereocenters. The molecule has 1 amide bonds. The molecule has 0 aliphatic carbocycles. The van der Waals surface area contributed by atoms with Gasteiger partial charge in [-0.15, -0.1) is 0 Å². The minimum absolute atomic E-state index is 0.0237. The van der Waals surface area contributed by atoms with Crippen LogP contribution in [-0.2, 0) is 27.3 Å². The molecule has 2 aromatic carbocycles. The van der Waals surface area contributed by atoms with E-state index in [4.69, 9.17) is 9.47 Å². The molecule has 0 spiro atoms. The van der Waals surface area contributed by atoms with Crippen molar-refractivity contribution in [3.63, 3.8) is 0 Å². The quantitative estimate of drug-likeness (QED) is 0.736. The lowest BCUT2D eigenvalue weighted by atomic mass is 10.1. The number of amides is 1. The van der Waals surface area contributed by atoms with Crippen LogP contribution in [0.2, 0.25) is 0 Å². The van der Waals surface area contributed by atoms with Crippen molar-refractivity contribution >= 4 is 12.1 Å². The van der Waals surface area contributed by atoms with Crippen molar-refractivity contribution < 1.29 is 28.6 Å². The molecule has 0 heterocycles. The maximum Gasteiger partial charge on any atom is 0.408 e. The molecular formula is C21H24FNO5. The van der Waals surface area contributed by atoms with E-state index in [1.807, 2.05) is 18.2 Å². The molecule has 0 bridgehead atoms. The van der Waals surface area contributed by atoms with Crippen molar-refractivity contribution in [2.24, 2.45) is 0 Å². The number of rotatable bonds is 6. The number of carbonyl (C=O) groups excluding carboxylic acids is 2. The highest BCUT2D eigenvalue weighted by atomic mass is 19.1. The number of aromatic hydroxyl groups is 1. The van der Waals surface area contributed by atoms with E-state index in [0.29, 0.717) is 5.56 Å². The van der Waals surface area contributed by atoms with Gasteiger partial charge in [-0.25, -0.2) is 14.0 Å². The lowest BCUT2D eigenvalue weighted by Gasteiger charge is -2.23. The third-order valence-corrected chi connectivity index (χ3v) is 3.65. The van der Waals surface area contributed by atoms with Crippen LogP contribution in [0, 0.1) is 5.82 Å². The lowest BCUT2D eigenvalue weighted by molar-refractivity contribution is -0.147. The van der Waals surface area contributed by atoms with E-state index in [1.54, 1.807) is 32.9 Å². The third kappa shape index (κ3) is 6.90. The normalized spacial score (nSPS) is 12.1. The van der Waals surface area contributed by atoms with Crippen molar-refractivity contribution in [2.45, 2.75) is 45.4 Å². The van der Waals surface area contributed by atoms with Crippen LogP contribution in [0.15, 0.2) is 48.5 Å². The molecule has 0 aliphatic heterocycles. The van der Waals surface area contributed by atoms with E-state index in [9.17, 15) is 19.1 Å². The van der Waals surface area contributed by atoms with Gasteiger partial charge >= 0.3 is 12.1 Å². The zero-order valence-electron chi connectivity index (χ0n) is 16.1. The Morgan fingerprint density at radius 2 is 1.79 bits per heavy atom. The summed E-state index contributed by atoms with van der Waals surface area (Å²) in [5.74, 6) is -1.98. The molecular weight excluding hydrogens is 365 g/mol. The molecule has 0 aromatic heterocycles. The van der Waals surface area contributed by atoms with Gasteiger partial charge in [-0.3, -0.25) is 0 Å². The SMILES string of the molecule is CC(C)(C)OC(=O)N[C@H](Cc1ccc(O)c(F)c1)C(=O)OCc1ccccc1. The maximum absolute atomic E-state index is 13.6. The molecule has 2 rings (SSSR count). The van der Waals surface area contributed by atoms with Crippen LogP contribution in [-0.4, -0.2) is 28.8 Å². The highest BCUT2D eigenvalue weighted by Crippen LogP contribution is 2.18. The number of halogens is 1. The second-order valence-corrected chi connectivity index (χ2v) is 7.28. The van der Waals surface area contributed by atoms with Gasteiger partial charge in [0.2, 0.25) is 0 Å². The minimum Gasteiger partial charge on any atom is -0.505 e. The van der Waals surface area contributed by atoms with E-state index in [2.05, 4.69) is 5.32 Å². The van der Waals surface area contributed by atoms with Gasteiger partial charge in [-0.05, 0) is 44.0 Å². The first-order chi connectivity index (χ1) is 13.1. The number of phenols is 1. The first kappa shape index (κ1) is 21.2. The smallest absolute Gasteiger partial charge is 0.408 e. The number of hydrogen-bond acceptors (Lipinski definition) is 5. The Bertz CT molecular complexity index is 817. The lowest BCUT2D eigenvalue weighted by Crippen LogP contribution is -2.45. The summed E-state index contributed by atoms with van der Waals surface area (Å²) in [6, 6.07) is 11.8. The fourth-order valence-corrected chi connectivity index (χ4v) is 2.39. The van der Waals surface area contributed by atoms with E-state index in [-0.39, 0.29) is 13.0 Å². The number of benzene rings is 2. The zero-order valence-corrected chi connectivity index (χ0v) is 16.1. The second-order valence-electron chi connectivity index (χ2n) is 7.28. The predicted molar refractivity (Wildman–Crippen MR) is 101 cm³/mol. The first-order valence-corrected chi connectivity index (χ1v) is 8.81. The highest BCUT2D eigenvalue weighted by molar-refractivity contribution is 5.81. The molecule has 6 nitrogen and oxygen atoms in total. The van der Waals surface area contributed by atoms with Crippen LogP contribution in [0.5, 0.6) is 5.75 Å². The monoisotopic (exact) mass is 389 g/mol. The number of alkyl carbamates (subject to hydrolysis) is 1. The molecule has 2 aromatic rings. The Morgan fingerprint density at radius 1 is 1.11 bits per heavy atom. The Kier molecular flexibility index (Phi) is 6.98. The van der Waals surface area contributed by atoms with Crippen LogP contribution in [0.1, 0.15) is 31.9 Å². The van der Waals surface area contributed by atoms with Crippen LogP contribution in [0.4, 0.5) is 9.18 Å². The van der Waals surface area contributed by atoms with Gasteiger partial charge in [-0.2, -0.15) is 0 Å². The summed E-state index contributed by atoms with van der Waals surface area (Å²) in [4.78, 5) is 24.6. The largest absolute Gasteiger partial charge is 0.505 e. The zero-order chi connectivity index (χ0) is 20.7. The van der Waals surface area contributed by atoms with Gasteiger partial charge in [0.15, 0.2) is 11.6 Å². The van der Waals surface area contributed by atoms with Gasteiger partial charge < -0.3 is 19.9 Å². The van der Waals surface area contributed by atoms with Crippen molar-refractivity contribution in [1.82, 2.24) is 5.32 Å².